The van der Waals surface area contributed by atoms with Crippen LogP contribution in [0.5, 0.6) is 0 Å². The number of hydrogen-bond acceptors (Lipinski definition) is 7. The smallest absolute Gasteiger partial charge is 0.229 e. The first-order chi connectivity index (χ1) is 13.2. The number of hydrogen-bond donors (Lipinski definition) is 1. The van der Waals surface area contributed by atoms with E-state index < -0.39 is 0 Å². The number of amides is 1. The van der Waals surface area contributed by atoms with Crippen LogP contribution in [0.1, 0.15) is 18.7 Å². The Morgan fingerprint density at radius 1 is 1.22 bits per heavy atom. The van der Waals surface area contributed by atoms with E-state index in [0.717, 1.165) is 24.9 Å². The van der Waals surface area contributed by atoms with E-state index in [0.29, 0.717) is 29.9 Å². The predicted molar refractivity (Wildman–Crippen MR) is 100 cm³/mol. The van der Waals surface area contributed by atoms with E-state index in [9.17, 15) is 4.79 Å². The lowest BCUT2D eigenvalue weighted by atomic mass is 9.97. The third kappa shape index (κ3) is 3.79. The molecule has 1 fully saturated rings. The predicted octanol–water partition coefficient (Wildman–Crippen LogP) is 2.69. The molecule has 8 nitrogen and oxygen atoms in total. The summed E-state index contributed by atoms with van der Waals surface area (Å²) in [5.74, 6) is 1.45. The van der Waals surface area contributed by atoms with Crippen molar-refractivity contribution in [2.45, 2.75) is 19.8 Å². The Labute approximate surface area is 156 Å². The molecule has 8 heteroatoms. The molecule has 138 valence electrons. The molecule has 1 N–H and O–H groups in total. The third-order valence-electron chi connectivity index (χ3n) is 4.58. The number of rotatable bonds is 4. The third-order valence-corrected chi connectivity index (χ3v) is 4.58. The van der Waals surface area contributed by atoms with Crippen LogP contribution in [0.3, 0.4) is 0 Å². The molecule has 1 saturated heterocycles. The number of aromatic nitrogens is 4. The minimum Gasteiger partial charge on any atom is -0.340 e. The topological polar surface area (TPSA) is 97.0 Å². The van der Waals surface area contributed by atoms with E-state index in [1.54, 1.807) is 25.4 Å². The second kappa shape index (κ2) is 7.53. The van der Waals surface area contributed by atoms with E-state index in [-0.39, 0.29) is 11.8 Å². The van der Waals surface area contributed by atoms with Crippen molar-refractivity contribution >= 4 is 17.5 Å². The van der Waals surface area contributed by atoms with Gasteiger partial charge in [0.15, 0.2) is 0 Å². The van der Waals surface area contributed by atoms with E-state index in [1.165, 1.54) is 0 Å². The largest absolute Gasteiger partial charge is 0.340 e. The molecular formula is C19H20N6O2. The Morgan fingerprint density at radius 2 is 2.04 bits per heavy atom. The molecule has 3 heterocycles. The fraction of sp³-hybridized carbons (Fsp3) is 0.316. The van der Waals surface area contributed by atoms with E-state index in [1.807, 2.05) is 24.3 Å². The Morgan fingerprint density at radius 3 is 2.81 bits per heavy atom. The van der Waals surface area contributed by atoms with Gasteiger partial charge in [-0.05, 0) is 31.0 Å². The molecule has 1 unspecified atom stereocenters. The fourth-order valence-electron chi connectivity index (χ4n) is 3.26. The summed E-state index contributed by atoms with van der Waals surface area (Å²) < 4.78 is 5.06. The van der Waals surface area contributed by atoms with Gasteiger partial charge in [-0.1, -0.05) is 17.3 Å². The number of anilines is 2. The Kier molecular flexibility index (Phi) is 4.78. The van der Waals surface area contributed by atoms with Gasteiger partial charge in [-0.3, -0.25) is 4.79 Å². The highest BCUT2D eigenvalue weighted by atomic mass is 16.5. The summed E-state index contributed by atoms with van der Waals surface area (Å²) >= 11 is 0. The Bertz CT molecular complexity index is 927. The summed E-state index contributed by atoms with van der Waals surface area (Å²) in [4.78, 5) is 27.8. The van der Waals surface area contributed by atoms with Crippen LogP contribution < -0.4 is 10.2 Å². The van der Waals surface area contributed by atoms with Crippen molar-refractivity contribution in [2.24, 2.45) is 5.92 Å². The number of benzene rings is 1. The molecule has 1 atom stereocenters. The Balaban J connectivity index is 1.50. The van der Waals surface area contributed by atoms with Gasteiger partial charge in [0.25, 0.3) is 0 Å². The molecule has 0 saturated carbocycles. The van der Waals surface area contributed by atoms with Crippen LogP contribution in [0.4, 0.5) is 11.6 Å². The number of nitrogens with zero attached hydrogens (tertiary/aromatic N) is 5. The van der Waals surface area contributed by atoms with Crippen molar-refractivity contribution < 1.29 is 9.32 Å². The molecular weight excluding hydrogens is 344 g/mol. The van der Waals surface area contributed by atoms with Crippen molar-refractivity contribution in [3.63, 3.8) is 0 Å². The average molecular weight is 364 g/mol. The van der Waals surface area contributed by atoms with Gasteiger partial charge < -0.3 is 14.7 Å². The van der Waals surface area contributed by atoms with Crippen LogP contribution in [0, 0.1) is 12.8 Å². The second-order valence-electron chi connectivity index (χ2n) is 6.51. The van der Waals surface area contributed by atoms with Gasteiger partial charge >= 0.3 is 0 Å². The first-order valence-corrected chi connectivity index (χ1v) is 8.93. The summed E-state index contributed by atoms with van der Waals surface area (Å²) in [7, 11) is 0. The van der Waals surface area contributed by atoms with Gasteiger partial charge in [-0.15, -0.1) is 0 Å². The van der Waals surface area contributed by atoms with Crippen molar-refractivity contribution in [1.82, 2.24) is 20.1 Å². The summed E-state index contributed by atoms with van der Waals surface area (Å²) in [6.07, 6.45) is 5.19. The van der Waals surface area contributed by atoms with E-state index in [2.05, 4.69) is 30.3 Å². The van der Waals surface area contributed by atoms with Gasteiger partial charge in [-0.25, -0.2) is 9.97 Å². The van der Waals surface area contributed by atoms with Crippen molar-refractivity contribution in [2.75, 3.05) is 23.3 Å². The normalized spacial score (nSPS) is 16.9. The van der Waals surface area contributed by atoms with Gasteiger partial charge in [0, 0.05) is 38.0 Å². The lowest BCUT2D eigenvalue weighted by molar-refractivity contribution is -0.120. The highest BCUT2D eigenvalue weighted by Crippen LogP contribution is 2.27. The van der Waals surface area contributed by atoms with Gasteiger partial charge in [0.1, 0.15) is 0 Å². The maximum atomic E-state index is 12.9. The van der Waals surface area contributed by atoms with Crippen LogP contribution >= 0.6 is 0 Å². The highest BCUT2D eigenvalue weighted by Gasteiger charge is 2.27. The first kappa shape index (κ1) is 17.1. The van der Waals surface area contributed by atoms with Crippen molar-refractivity contribution in [1.29, 1.82) is 0 Å². The summed E-state index contributed by atoms with van der Waals surface area (Å²) in [5.41, 5.74) is 1.41. The number of carbonyl (C=O) groups excluding carboxylic acids is 1. The zero-order chi connectivity index (χ0) is 18.6. The maximum absolute atomic E-state index is 12.9. The number of para-hydroxylation sites is 1. The van der Waals surface area contributed by atoms with Crippen LogP contribution in [-0.4, -0.2) is 39.1 Å². The number of nitrogens with one attached hydrogen (secondary N) is 1. The molecule has 1 aliphatic rings. The molecule has 1 amide bonds. The number of carbonyl (C=O) groups is 1. The molecule has 2 aromatic heterocycles. The van der Waals surface area contributed by atoms with E-state index >= 15 is 0 Å². The second-order valence-corrected chi connectivity index (χ2v) is 6.51. The van der Waals surface area contributed by atoms with Crippen LogP contribution in [-0.2, 0) is 4.79 Å². The lowest BCUT2D eigenvalue weighted by Crippen LogP contribution is -2.41. The quantitative estimate of drug-likeness (QED) is 0.760. The first-order valence-electron chi connectivity index (χ1n) is 8.93. The molecule has 0 radical (unpaired) electrons. The maximum Gasteiger partial charge on any atom is 0.229 e. The van der Waals surface area contributed by atoms with E-state index in [4.69, 9.17) is 4.52 Å². The van der Waals surface area contributed by atoms with Crippen LogP contribution in [0.15, 0.2) is 47.2 Å². The van der Waals surface area contributed by atoms with Crippen LogP contribution in [0.2, 0.25) is 0 Å². The van der Waals surface area contributed by atoms with Gasteiger partial charge in [-0.2, -0.15) is 4.98 Å². The zero-order valence-corrected chi connectivity index (χ0v) is 15.0. The summed E-state index contributed by atoms with van der Waals surface area (Å²) in [6.45, 7) is 3.19. The molecule has 0 bridgehead atoms. The minimum absolute atomic E-state index is 0.0247. The monoisotopic (exact) mass is 364 g/mol. The SMILES string of the molecule is Cc1nc(-c2ccccc2NC(=O)C2CCCN(c3ncccn3)C2)no1. The zero-order valence-electron chi connectivity index (χ0n) is 15.0. The summed E-state index contributed by atoms with van der Waals surface area (Å²) in [6, 6.07) is 9.25. The highest BCUT2D eigenvalue weighted by molar-refractivity contribution is 5.96. The average Bonchev–Trinajstić information content (AvgIpc) is 3.15. The van der Waals surface area contributed by atoms with Crippen LogP contribution in [0.25, 0.3) is 11.4 Å². The number of aryl methyl sites for hydroxylation is 1. The minimum atomic E-state index is -0.136. The van der Waals surface area contributed by atoms with Crippen molar-refractivity contribution in [3.05, 3.63) is 48.6 Å². The Hall–Kier alpha value is -3.29. The fourth-order valence-corrected chi connectivity index (χ4v) is 3.26. The molecule has 4 rings (SSSR count). The van der Waals surface area contributed by atoms with Gasteiger partial charge in [0.05, 0.1) is 11.6 Å². The van der Waals surface area contributed by atoms with Crippen molar-refractivity contribution in [3.8, 4) is 11.4 Å². The molecule has 1 aromatic carbocycles. The summed E-state index contributed by atoms with van der Waals surface area (Å²) in [5, 5.41) is 6.99. The number of piperidine rings is 1. The molecule has 3 aromatic rings. The molecule has 0 spiro atoms. The lowest BCUT2D eigenvalue weighted by Gasteiger charge is -2.32. The molecule has 0 aliphatic carbocycles. The molecule has 1 aliphatic heterocycles. The molecule has 27 heavy (non-hydrogen) atoms. The van der Waals surface area contributed by atoms with Gasteiger partial charge in [0.2, 0.25) is 23.6 Å². The standard InChI is InChI=1S/C19H20N6O2/c1-13-22-17(24-27-13)15-7-2-3-8-16(15)23-18(26)14-6-4-11-25(12-14)19-20-9-5-10-21-19/h2-3,5,7-10,14H,4,6,11-12H2,1H3,(H,23,26).